The summed E-state index contributed by atoms with van der Waals surface area (Å²) < 4.78 is 0. The van der Waals surface area contributed by atoms with Crippen LogP contribution in [0.25, 0.3) is 0 Å². The standard InChI is InChI=1S/C10H21N3O/c1-3-8(11)10(14)13-9-5-4-6-12-7(9)2/h7-9,12H,3-6,11H2,1-2H3,(H,13,14). The van der Waals surface area contributed by atoms with Gasteiger partial charge in [-0.2, -0.15) is 0 Å². The second-order valence-corrected chi connectivity index (χ2v) is 4.01. The molecule has 4 nitrogen and oxygen atoms in total. The van der Waals surface area contributed by atoms with Crippen LogP contribution in [-0.4, -0.2) is 30.6 Å². The Bertz CT molecular complexity index is 196. The molecule has 0 aliphatic carbocycles. The van der Waals surface area contributed by atoms with Crippen LogP contribution < -0.4 is 16.4 Å². The van der Waals surface area contributed by atoms with E-state index in [-0.39, 0.29) is 18.0 Å². The predicted molar refractivity (Wildman–Crippen MR) is 56.9 cm³/mol. The van der Waals surface area contributed by atoms with Crippen molar-refractivity contribution >= 4 is 5.91 Å². The number of piperidine rings is 1. The van der Waals surface area contributed by atoms with Gasteiger partial charge in [0.15, 0.2) is 0 Å². The Kier molecular flexibility index (Phi) is 4.35. The van der Waals surface area contributed by atoms with E-state index in [2.05, 4.69) is 17.6 Å². The van der Waals surface area contributed by atoms with Crippen LogP contribution in [-0.2, 0) is 4.79 Å². The van der Waals surface area contributed by atoms with Crippen molar-refractivity contribution in [3.63, 3.8) is 0 Å². The van der Waals surface area contributed by atoms with Crippen LogP contribution in [0.5, 0.6) is 0 Å². The predicted octanol–water partition coefficient (Wildman–Crippen LogP) is -0.0196. The van der Waals surface area contributed by atoms with Crippen LogP contribution in [0.4, 0.5) is 0 Å². The zero-order valence-corrected chi connectivity index (χ0v) is 9.05. The van der Waals surface area contributed by atoms with Gasteiger partial charge in [0.2, 0.25) is 5.91 Å². The molecule has 0 bridgehead atoms. The minimum atomic E-state index is -0.357. The highest BCUT2D eigenvalue weighted by atomic mass is 16.2. The van der Waals surface area contributed by atoms with Gasteiger partial charge in [0.1, 0.15) is 0 Å². The Hall–Kier alpha value is -0.610. The molecular weight excluding hydrogens is 178 g/mol. The number of carbonyl (C=O) groups is 1. The minimum Gasteiger partial charge on any atom is -0.350 e. The second-order valence-electron chi connectivity index (χ2n) is 4.01. The molecule has 1 heterocycles. The molecule has 0 aromatic rings. The van der Waals surface area contributed by atoms with Crippen LogP contribution in [0.15, 0.2) is 0 Å². The molecule has 82 valence electrons. The van der Waals surface area contributed by atoms with E-state index in [9.17, 15) is 4.79 Å². The summed E-state index contributed by atoms with van der Waals surface area (Å²) in [6.07, 6.45) is 2.87. The number of hydrogen-bond donors (Lipinski definition) is 3. The summed E-state index contributed by atoms with van der Waals surface area (Å²) in [6.45, 7) is 5.07. The summed E-state index contributed by atoms with van der Waals surface area (Å²) in [5.74, 6) is -0.0203. The second kappa shape index (κ2) is 5.32. The SMILES string of the molecule is CCC(N)C(=O)NC1CCCNC1C. The molecule has 1 fully saturated rings. The summed E-state index contributed by atoms with van der Waals surface area (Å²) in [7, 11) is 0. The molecule has 0 spiro atoms. The van der Waals surface area contributed by atoms with Crippen LogP contribution in [0.2, 0.25) is 0 Å². The van der Waals surface area contributed by atoms with Gasteiger partial charge in [0.05, 0.1) is 6.04 Å². The van der Waals surface area contributed by atoms with Crippen molar-refractivity contribution in [2.75, 3.05) is 6.54 Å². The largest absolute Gasteiger partial charge is 0.350 e. The Labute approximate surface area is 85.6 Å². The van der Waals surface area contributed by atoms with Gasteiger partial charge in [-0.3, -0.25) is 4.79 Å². The van der Waals surface area contributed by atoms with Crippen molar-refractivity contribution < 1.29 is 4.79 Å². The highest BCUT2D eigenvalue weighted by molar-refractivity contribution is 5.81. The van der Waals surface area contributed by atoms with Crippen molar-refractivity contribution in [1.82, 2.24) is 10.6 Å². The number of nitrogens with one attached hydrogen (secondary N) is 2. The topological polar surface area (TPSA) is 67.2 Å². The van der Waals surface area contributed by atoms with Gasteiger partial charge in [-0.15, -0.1) is 0 Å². The molecule has 0 aromatic heterocycles. The average molecular weight is 199 g/mol. The Morgan fingerprint density at radius 2 is 2.43 bits per heavy atom. The maximum Gasteiger partial charge on any atom is 0.237 e. The van der Waals surface area contributed by atoms with Crippen LogP contribution in [0.3, 0.4) is 0 Å². The molecule has 1 aliphatic heterocycles. The van der Waals surface area contributed by atoms with Crippen molar-refractivity contribution in [1.29, 1.82) is 0 Å². The zero-order valence-electron chi connectivity index (χ0n) is 9.05. The smallest absolute Gasteiger partial charge is 0.237 e. The highest BCUT2D eigenvalue weighted by Gasteiger charge is 2.23. The van der Waals surface area contributed by atoms with E-state index < -0.39 is 0 Å². The van der Waals surface area contributed by atoms with Gasteiger partial charge < -0.3 is 16.4 Å². The lowest BCUT2D eigenvalue weighted by Crippen LogP contribution is -2.55. The Morgan fingerprint density at radius 1 is 1.71 bits per heavy atom. The van der Waals surface area contributed by atoms with Gasteiger partial charge in [0.25, 0.3) is 0 Å². The van der Waals surface area contributed by atoms with Gasteiger partial charge in [-0.05, 0) is 32.7 Å². The van der Waals surface area contributed by atoms with E-state index in [4.69, 9.17) is 5.73 Å². The normalized spacial score (nSPS) is 29.6. The molecule has 1 amide bonds. The van der Waals surface area contributed by atoms with Crippen LogP contribution in [0, 0.1) is 0 Å². The maximum atomic E-state index is 11.5. The van der Waals surface area contributed by atoms with Crippen LogP contribution in [0.1, 0.15) is 33.1 Å². The minimum absolute atomic E-state index is 0.0203. The molecule has 0 saturated carbocycles. The quantitative estimate of drug-likeness (QED) is 0.598. The van der Waals surface area contributed by atoms with Crippen LogP contribution >= 0.6 is 0 Å². The number of hydrogen-bond acceptors (Lipinski definition) is 3. The number of nitrogens with two attached hydrogens (primary N) is 1. The molecule has 0 radical (unpaired) electrons. The van der Waals surface area contributed by atoms with E-state index in [1.807, 2.05) is 6.92 Å². The zero-order chi connectivity index (χ0) is 10.6. The van der Waals surface area contributed by atoms with E-state index in [1.165, 1.54) is 0 Å². The first-order chi connectivity index (χ1) is 6.65. The number of amides is 1. The van der Waals surface area contributed by atoms with Gasteiger partial charge in [-0.25, -0.2) is 0 Å². The van der Waals surface area contributed by atoms with Gasteiger partial charge in [-0.1, -0.05) is 6.92 Å². The summed E-state index contributed by atoms with van der Waals surface area (Å²) in [5.41, 5.74) is 5.65. The monoisotopic (exact) mass is 199 g/mol. The fourth-order valence-corrected chi connectivity index (χ4v) is 1.72. The Balaban J connectivity index is 2.38. The molecule has 14 heavy (non-hydrogen) atoms. The fourth-order valence-electron chi connectivity index (χ4n) is 1.72. The first-order valence-electron chi connectivity index (χ1n) is 5.44. The first-order valence-corrected chi connectivity index (χ1v) is 5.44. The third kappa shape index (κ3) is 2.96. The number of carbonyl (C=O) groups excluding carboxylic acids is 1. The van der Waals surface area contributed by atoms with Crippen molar-refractivity contribution in [3.8, 4) is 0 Å². The van der Waals surface area contributed by atoms with Crippen molar-refractivity contribution in [2.24, 2.45) is 5.73 Å². The summed E-state index contributed by atoms with van der Waals surface area (Å²) in [6, 6.07) is 0.245. The lowest BCUT2D eigenvalue weighted by molar-refractivity contribution is -0.123. The lowest BCUT2D eigenvalue weighted by atomic mass is 9.99. The van der Waals surface area contributed by atoms with Crippen molar-refractivity contribution in [3.05, 3.63) is 0 Å². The lowest BCUT2D eigenvalue weighted by Gasteiger charge is -2.31. The van der Waals surface area contributed by atoms with E-state index in [0.29, 0.717) is 12.5 Å². The summed E-state index contributed by atoms with van der Waals surface area (Å²) in [4.78, 5) is 11.5. The third-order valence-corrected chi connectivity index (χ3v) is 2.87. The van der Waals surface area contributed by atoms with E-state index >= 15 is 0 Å². The molecule has 4 heteroatoms. The molecule has 3 unspecified atom stereocenters. The molecule has 0 aromatic carbocycles. The third-order valence-electron chi connectivity index (χ3n) is 2.87. The average Bonchev–Trinajstić information content (AvgIpc) is 2.20. The molecular formula is C10H21N3O. The summed E-state index contributed by atoms with van der Waals surface area (Å²) >= 11 is 0. The molecule has 1 saturated heterocycles. The van der Waals surface area contributed by atoms with Gasteiger partial charge >= 0.3 is 0 Å². The summed E-state index contributed by atoms with van der Waals surface area (Å²) in [5, 5.41) is 6.33. The molecule has 1 rings (SSSR count). The highest BCUT2D eigenvalue weighted by Crippen LogP contribution is 2.08. The molecule has 3 atom stereocenters. The van der Waals surface area contributed by atoms with E-state index in [1.54, 1.807) is 0 Å². The maximum absolute atomic E-state index is 11.5. The molecule has 4 N–H and O–H groups in total. The van der Waals surface area contributed by atoms with Gasteiger partial charge in [0, 0.05) is 12.1 Å². The number of rotatable bonds is 3. The fraction of sp³-hybridized carbons (Fsp3) is 0.900. The first kappa shape index (κ1) is 11.5. The molecule has 1 aliphatic rings. The Morgan fingerprint density at radius 3 is 3.00 bits per heavy atom. The van der Waals surface area contributed by atoms with Crippen molar-refractivity contribution in [2.45, 2.75) is 51.2 Å². The van der Waals surface area contributed by atoms with E-state index in [0.717, 1.165) is 19.4 Å².